The minimum atomic E-state index is -1.00. The minimum absolute atomic E-state index is 0.166. The van der Waals surface area contributed by atoms with E-state index in [1.165, 1.54) is 23.7 Å². The largest absolute Gasteiger partial charge is 0.478 e. The zero-order chi connectivity index (χ0) is 13.4. The third kappa shape index (κ3) is 2.36. The molecule has 1 aromatic carbocycles. The van der Waals surface area contributed by atoms with Gasteiger partial charge < -0.3 is 10.2 Å². The summed E-state index contributed by atoms with van der Waals surface area (Å²) >= 11 is 1.30. The molecule has 0 bridgehead atoms. The molecule has 0 unspecified atom stereocenters. The highest BCUT2D eigenvalue weighted by molar-refractivity contribution is 7.09. The number of aromatic nitrogens is 2. The number of benzene rings is 1. The van der Waals surface area contributed by atoms with E-state index in [1.807, 2.05) is 0 Å². The molecule has 0 saturated heterocycles. The van der Waals surface area contributed by atoms with Gasteiger partial charge in [-0.2, -0.15) is 4.37 Å². The van der Waals surface area contributed by atoms with Gasteiger partial charge in [-0.25, -0.2) is 9.78 Å². The van der Waals surface area contributed by atoms with Crippen molar-refractivity contribution in [1.29, 1.82) is 0 Å². The maximum Gasteiger partial charge on any atom is 0.335 e. The average Bonchev–Trinajstić information content (AvgIpc) is 3.16. The van der Waals surface area contributed by atoms with Crippen LogP contribution in [0.1, 0.15) is 40.5 Å². The van der Waals surface area contributed by atoms with Gasteiger partial charge in [0.1, 0.15) is 10.8 Å². The molecule has 1 saturated carbocycles. The summed E-state index contributed by atoms with van der Waals surface area (Å²) in [5.74, 6) is 0.351. The first-order valence-corrected chi connectivity index (χ1v) is 6.77. The first-order valence-electron chi connectivity index (χ1n) is 6.00. The van der Waals surface area contributed by atoms with E-state index < -0.39 is 5.97 Å². The molecule has 1 aliphatic carbocycles. The van der Waals surface area contributed by atoms with Crippen molar-refractivity contribution in [3.05, 3.63) is 35.2 Å². The summed E-state index contributed by atoms with van der Waals surface area (Å²) in [5.41, 5.74) is 1.50. The van der Waals surface area contributed by atoms with Crippen LogP contribution in [0.3, 0.4) is 0 Å². The Morgan fingerprint density at radius 1 is 1.42 bits per heavy atom. The molecule has 1 fully saturated rings. The molecule has 19 heavy (non-hydrogen) atoms. The molecule has 1 heterocycles. The van der Waals surface area contributed by atoms with E-state index in [0.29, 0.717) is 11.5 Å². The van der Waals surface area contributed by atoms with Crippen molar-refractivity contribution >= 4 is 17.5 Å². The van der Waals surface area contributed by atoms with Crippen molar-refractivity contribution < 1.29 is 15.0 Å². The monoisotopic (exact) mass is 276 g/mol. The fourth-order valence-electron chi connectivity index (χ4n) is 1.92. The molecule has 0 atom stereocenters. The van der Waals surface area contributed by atoms with Crippen molar-refractivity contribution in [2.45, 2.75) is 25.4 Å². The van der Waals surface area contributed by atoms with Crippen molar-refractivity contribution in [2.75, 3.05) is 0 Å². The van der Waals surface area contributed by atoms with Crippen molar-refractivity contribution in [2.24, 2.45) is 0 Å². The van der Waals surface area contributed by atoms with Gasteiger partial charge >= 0.3 is 5.97 Å². The highest BCUT2D eigenvalue weighted by atomic mass is 32.1. The van der Waals surface area contributed by atoms with Crippen LogP contribution in [0.2, 0.25) is 0 Å². The molecule has 1 aliphatic rings. The number of carbonyl (C=O) groups is 1. The van der Waals surface area contributed by atoms with Crippen molar-refractivity contribution in [3.63, 3.8) is 0 Å². The van der Waals surface area contributed by atoms with Crippen molar-refractivity contribution in [1.82, 2.24) is 9.36 Å². The standard InChI is InChI=1S/C13H12N2O3S/c16-6-9-5-8(13(17)18)3-4-10(9)12-14-11(15-19-12)7-1-2-7/h3-5,7,16H,1-2,6H2,(H,17,18). The zero-order valence-electron chi connectivity index (χ0n) is 10.0. The fourth-order valence-corrected chi connectivity index (χ4v) is 2.72. The van der Waals surface area contributed by atoms with Gasteiger partial charge in [0, 0.05) is 11.5 Å². The second-order valence-electron chi connectivity index (χ2n) is 4.57. The zero-order valence-corrected chi connectivity index (χ0v) is 10.9. The summed E-state index contributed by atoms with van der Waals surface area (Å²) in [6.07, 6.45) is 2.28. The molecule has 3 rings (SSSR count). The highest BCUT2D eigenvalue weighted by Gasteiger charge is 2.28. The summed E-state index contributed by atoms with van der Waals surface area (Å²) in [6, 6.07) is 4.69. The van der Waals surface area contributed by atoms with Crippen LogP contribution in [0, 0.1) is 0 Å². The van der Waals surface area contributed by atoms with E-state index in [0.717, 1.165) is 29.2 Å². The van der Waals surface area contributed by atoms with E-state index >= 15 is 0 Å². The van der Waals surface area contributed by atoms with Crippen LogP contribution >= 0.6 is 11.5 Å². The number of aliphatic hydroxyl groups excluding tert-OH is 1. The fraction of sp³-hybridized carbons (Fsp3) is 0.308. The lowest BCUT2D eigenvalue weighted by Gasteiger charge is -2.05. The number of aromatic carboxylic acids is 1. The molecule has 0 amide bonds. The predicted molar refractivity (Wildman–Crippen MR) is 70.2 cm³/mol. The van der Waals surface area contributed by atoms with E-state index in [9.17, 15) is 9.90 Å². The van der Waals surface area contributed by atoms with Crippen LogP contribution in [-0.4, -0.2) is 25.5 Å². The van der Waals surface area contributed by atoms with Gasteiger partial charge in [0.05, 0.1) is 12.2 Å². The third-order valence-corrected chi connectivity index (χ3v) is 3.90. The first-order chi connectivity index (χ1) is 9.19. The quantitative estimate of drug-likeness (QED) is 0.895. The van der Waals surface area contributed by atoms with Gasteiger partial charge in [0.15, 0.2) is 0 Å². The summed E-state index contributed by atoms with van der Waals surface area (Å²) < 4.78 is 4.32. The van der Waals surface area contributed by atoms with Gasteiger partial charge in [0.2, 0.25) is 0 Å². The van der Waals surface area contributed by atoms with Crippen molar-refractivity contribution in [3.8, 4) is 10.6 Å². The maximum absolute atomic E-state index is 10.9. The van der Waals surface area contributed by atoms with Crippen LogP contribution in [-0.2, 0) is 6.61 Å². The number of hydrogen-bond donors (Lipinski definition) is 2. The Morgan fingerprint density at radius 2 is 2.21 bits per heavy atom. The third-order valence-electron chi connectivity index (χ3n) is 3.14. The molecule has 0 radical (unpaired) electrons. The number of hydrogen-bond acceptors (Lipinski definition) is 5. The smallest absolute Gasteiger partial charge is 0.335 e. The molecule has 5 nitrogen and oxygen atoms in total. The second kappa shape index (κ2) is 4.71. The molecule has 6 heteroatoms. The van der Waals surface area contributed by atoms with Crippen LogP contribution in [0.15, 0.2) is 18.2 Å². The Labute approximate surface area is 113 Å². The van der Waals surface area contributed by atoms with Gasteiger partial charge in [0.25, 0.3) is 0 Å². The molecule has 1 aromatic heterocycles. The van der Waals surface area contributed by atoms with Crippen LogP contribution in [0.25, 0.3) is 10.6 Å². The number of nitrogens with zero attached hydrogens (tertiary/aromatic N) is 2. The van der Waals surface area contributed by atoms with Crippen LogP contribution in [0.4, 0.5) is 0 Å². The summed E-state index contributed by atoms with van der Waals surface area (Å²) in [7, 11) is 0. The number of carboxylic acid groups (broad SMARTS) is 1. The second-order valence-corrected chi connectivity index (χ2v) is 5.32. The molecule has 2 N–H and O–H groups in total. The molecule has 98 valence electrons. The Morgan fingerprint density at radius 3 is 2.84 bits per heavy atom. The van der Waals surface area contributed by atoms with Gasteiger partial charge in [-0.05, 0) is 42.1 Å². The van der Waals surface area contributed by atoms with Gasteiger partial charge in [-0.3, -0.25) is 0 Å². The van der Waals surface area contributed by atoms with Gasteiger partial charge in [-0.15, -0.1) is 0 Å². The predicted octanol–water partition coefficient (Wildman–Crippen LogP) is 2.27. The number of rotatable bonds is 4. The molecule has 0 aliphatic heterocycles. The Bertz CT molecular complexity index is 635. The molecule has 0 spiro atoms. The van der Waals surface area contributed by atoms with Gasteiger partial charge in [-0.1, -0.05) is 6.07 Å². The lowest BCUT2D eigenvalue weighted by molar-refractivity contribution is 0.0696. The lowest BCUT2D eigenvalue weighted by atomic mass is 10.0. The first kappa shape index (κ1) is 12.3. The molecular weight excluding hydrogens is 264 g/mol. The van der Waals surface area contributed by atoms with E-state index in [-0.39, 0.29) is 12.2 Å². The summed E-state index contributed by atoms with van der Waals surface area (Å²) in [6.45, 7) is -0.213. The average molecular weight is 276 g/mol. The Hall–Kier alpha value is -1.79. The molecular formula is C13H12N2O3S. The summed E-state index contributed by atoms with van der Waals surface area (Å²) in [5, 5.41) is 19.1. The SMILES string of the molecule is O=C(O)c1ccc(-c2nc(C3CC3)ns2)c(CO)c1. The molecule has 2 aromatic rings. The highest BCUT2D eigenvalue weighted by Crippen LogP contribution is 2.40. The van der Waals surface area contributed by atoms with E-state index in [4.69, 9.17) is 5.11 Å². The van der Waals surface area contributed by atoms with Crippen LogP contribution < -0.4 is 0 Å². The Balaban J connectivity index is 2.00. The summed E-state index contributed by atoms with van der Waals surface area (Å²) in [4.78, 5) is 15.4. The number of carboxylic acids is 1. The minimum Gasteiger partial charge on any atom is -0.478 e. The number of aliphatic hydroxyl groups is 1. The van der Waals surface area contributed by atoms with E-state index in [1.54, 1.807) is 6.07 Å². The van der Waals surface area contributed by atoms with Crippen LogP contribution in [0.5, 0.6) is 0 Å². The Kier molecular flexibility index (Phi) is 3.04. The van der Waals surface area contributed by atoms with E-state index in [2.05, 4.69) is 9.36 Å². The lowest BCUT2D eigenvalue weighted by Crippen LogP contribution is -1.99. The topological polar surface area (TPSA) is 83.3 Å². The normalized spacial score (nSPS) is 14.6. The maximum atomic E-state index is 10.9.